The summed E-state index contributed by atoms with van der Waals surface area (Å²) in [6.45, 7) is 4.34. The van der Waals surface area contributed by atoms with Crippen molar-refractivity contribution in [1.29, 1.82) is 0 Å². The van der Waals surface area contributed by atoms with E-state index in [1.165, 1.54) is 42.6 Å². The average molecular weight is 837 g/mol. The summed E-state index contributed by atoms with van der Waals surface area (Å²) < 4.78 is 2.41. The largest absolute Gasteiger partial charge is 0.309 e. The summed E-state index contributed by atoms with van der Waals surface area (Å²) in [6.07, 6.45) is 0. The lowest BCUT2D eigenvalue weighted by atomic mass is 10.0. The number of rotatable bonds is 9. The van der Waals surface area contributed by atoms with E-state index < -0.39 is 8.07 Å². The maximum absolute atomic E-state index is 5.26. The first-order chi connectivity index (χ1) is 31.5. The van der Waals surface area contributed by atoms with Crippen molar-refractivity contribution in [3.8, 4) is 51.0 Å². The van der Waals surface area contributed by atoms with Crippen LogP contribution in [0.4, 0.5) is 0 Å². The van der Waals surface area contributed by atoms with Crippen molar-refractivity contribution in [2.24, 2.45) is 0 Å². The van der Waals surface area contributed by atoms with Gasteiger partial charge in [-0.15, -0.1) is 0 Å². The van der Waals surface area contributed by atoms with E-state index in [2.05, 4.69) is 213 Å². The monoisotopic (exact) mass is 836 g/mol. The van der Waals surface area contributed by atoms with Gasteiger partial charge in [-0.3, -0.25) is 0 Å². The van der Waals surface area contributed by atoms with Gasteiger partial charge in [-0.2, -0.15) is 0 Å². The van der Waals surface area contributed by atoms with E-state index in [4.69, 9.17) is 15.0 Å². The van der Waals surface area contributed by atoms with Gasteiger partial charge in [0.05, 0.1) is 11.0 Å². The fourth-order valence-corrected chi connectivity index (χ4v) is 14.3. The quantitative estimate of drug-likeness (QED) is 0.107. The molecular weight excluding hydrogens is 793 g/mol. The minimum atomic E-state index is -2.82. The van der Waals surface area contributed by atoms with E-state index in [9.17, 15) is 0 Å². The van der Waals surface area contributed by atoms with Crippen molar-refractivity contribution >= 4 is 50.6 Å². The molecule has 0 bridgehead atoms. The van der Waals surface area contributed by atoms with Crippen LogP contribution >= 0.6 is 0 Å². The minimum absolute atomic E-state index is 0.612. The SMILES string of the molecule is Cc1ccc2c(c1)c1cc(C)ccc1n2-c1cc(-c2cccc([Si](c3ccccc3)(c3ccccc3)c3ccccc3)c2)cc(-c2nc(-c3ccccc3)nc(-c3ccccc3)n2)c1. The minimum Gasteiger partial charge on any atom is -0.309 e. The fraction of sp³-hybridized carbons (Fsp3) is 0.0339. The maximum Gasteiger partial charge on any atom is 0.179 e. The van der Waals surface area contributed by atoms with Crippen LogP contribution in [0.1, 0.15) is 11.1 Å². The van der Waals surface area contributed by atoms with Crippen molar-refractivity contribution in [3.05, 3.63) is 242 Å². The lowest BCUT2D eigenvalue weighted by Crippen LogP contribution is -2.74. The Morgan fingerprint density at radius 3 is 1.17 bits per heavy atom. The molecule has 64 heavy (non-hydrogen) atoms. The van der Waals surface area contributed by atoms with Gasteiger partial charge in [-0.05, 0) is 88.2 Å². The number of hydrogen-bond donors (Lipinski definition) is 0. The molecule has 0 saturated carbocycles. The van der Waals surface area contributed by atoms with Gasteiger partial charge in [-0.1, -0.05) is 199 Å². The lowest BCUT2D eigenvalue weighted by Gasteiger charge is -2.34. The van der Waals surface area contributed by atoms with Crippen LogP contribution in [0.5, 0.6) is 0 Å². The Morgan fingerprint density at radius 2 is 0.703 bits per heavy atom. The number of aryl methyl sites for hydroxylation is 2. The zero-order chi connectivity index (χ0) is 43.0. The molecule has 0 spiro atoms. The maximum atomic E-state index is 5.26. The molecule has 4 nitrogen and oxygen atoms in total. The fourth-order valence-electron chi connectivity index (χ4n) is 9.50. The van der Waals surface area contributed by atoms with Crippen LogP contribution in [-0.2, 0) is 0 Å². The number of nitrogens with zero attached hydrogens (tertiary/aromatic N) is 4. The lowest BCUT2D eigenvalue weighted by molar-refractivity contribution is 1.07. The molecule has 11 aromatic rings. The molecular formula is C59H44N4Si. The van der Waals surface area contributed by atoms with Crippen molar-refractivity contribution in [1.82, 2.24) is 19.5 Å². The van der Waals surface area contributed by atoms with E-state index in [0.717, 1.165) is 44.5 Å². The summed E-state index contributed by atoms with van der Waals surface area (Å²) in [6, 6.07) is 83.5. The van der Waals surface area contributed by atoms with Crippen LogP contribution in [0.3, 0.4) is 0 Å². The molecule has 5 heteroatoms. The summed E-state index contributed by atoms with van der Waals surface area (Å²) in [5.74, 6) is 1.87. The topological polar surface area (TPSA) is 43.6 Å². The first-order valence-corrected chi connectivity index (χ1v) is 23.8. The average Bonchev–Trinajstić information content (AvgIpc) is 3.68. The summed E-state index contributed by atoms with van der Waals surface area (Å²) in [5, 5.41) is 7.77. The molecule has 0 amide bonds. The molecule has 0 radical (unpaired) electrons. The molecule has 0 saturated heterocycles. The molecule has 0 fully saturated rings. The zero-order valence-electron chi connectivity index (χ0n) is 35.7. The smallest absolute Gasteiger partial charge is 0.179 e. The van der Waals surface area contributed by atoms with E-state index in [-0.39, 0.29) is 0 Å². The number of hydrogen-bond acceptors (Lipinski definition) is 3. The molecule has 0 aliphatic carbocycles. The highest BCUT2D eigenvalue weighted by Gasteiger charge is 2.41. The highest BCUT2D eigenvalue weighted by molar-refractivity contribution is 7.19. The van der Waals surface area contributed by atoms with Crippen LogP contribution < -0.4 is 20.7 Å². The highest BCUT2D eigenvalue weighted by Crippen LogP contribution is 2.37. The van der Waals surface area contributed by atoms with Crippen LogP contribution in [0, 0.1) is 13.8 Å². The number of benzene rings is 9. The molecule has 9 aromatic carbocycles. The first kappa shape index (κ1) is 38.9. The van der Waals surface area contributed by atoms with Crippen LogP contribution in [0.15, 0.2) is 231 Å². The Bertz CT molecular complexity index is 3230. The van der Waals surface area contributed by atoms with Crippen molar-refractivity contribution in [3.63, 3.8) is 0 Å². The third-order valence-electron chi connectivity index (χ3n) is 12.5. The van der Waals surface area contributed by atoms with Gasteiger partial charge in [0, 0.05) is 33.2 Å². The van der Waals surface area contributed by atoms with Gasteiger partial charge < -0.3 is 4.57 Å². The Kier molecular flexibility index (Phi) is 9.95. The van der Waals surface area contributed by atoms with E-state index in [1.54, 1.807) is 0 Å². The molecule has 304 valence electrons. The second kappa shape index (κ2) is 16.4. The molecule has 0 aliphatic heterocycles. The summed E-state index contributed by atoms with van der Waals surface area (Å²) in [7, 11) is -2.82. The van der Waals surface area contributed by atoms with Gasteiger partial charge >= 0.3 is 0 Å². The standard InChI is InChI=1S/C59H44N4Si/c1-41-31-33-55-53(35-41)54-36-42(2)32-34-56(54)63(55)48-38-46(37-47(39-48)59-61-57(43-19-8-3-9-20-43)60-58(62-59)44-21-10-4-11-22-44)45-23-18-30-52(40-45)64(49-24-12-5-13-25-49,50-26-14-6-15-27-50)51-28-16-7-17-29-51/h3-40H,1-2H3. The van der Waals surface area contributed by atoms with Crippen molar-refractivity contribution in [2.45, 2.75) is 13.8 Å². The van der Waals surface area contributed by atoms with Crippen molar-refractivity contribution in [2.75, 3.05) is 0 Å². The molecule has 11 rings (SSSR count). The van der Waals surface area contributed by atoms with Gasteiger partial charge in [-0.25, -0.2) is 15.0 Å². The Hall–Kier alpha value is -7.99. The molecule has 2 heterocycles. The summed E-state index contributed by atoms with van der Waals surface area (Å²) >= 11 is 0. The summed E-state index contributed by atoms with van der Waals surface area (Å²) in [5.41, 5.74) is 10.8. The molecule has 0 unspecified atom stereocenters. The van der Waals surface area contributed by atoms with Gasteiger partial charge in [0.2, 0.25) is 0 Å². The molecule has 0 N–H and O–H groups in total. The number of fused-ring (bicyclic) bond motifs is 3. The van der Waals surface area contributed by atoms with Gasteiger partial charge in [0.1, 0.15) is 0 Å². The number of aromatic nitrogens is 4. The normalized spacial score (nSPS) is 11.6. The van der Waals surface area contributed by atoms with E-state index >= 15 is 0 Å². The second-order valence-corrected chi connectivity index (χ2v) is 20.4. The third kappa shape index (κ3) is 6.93. The summed E-state index contributed by atoms with van der Waals surface area (Å²) in [4.78, 5) is 15.6. The van der Waals surface area contributed by atoms with Crippen LogP contribution in [0.2, 0.25) is 0 Å². The van der Waals surface area contributed by atoms with Gasteiger partial charge in [0.25, 0.3) is 0 Å². The van der Waals surface area contributed by atoms with E-state index in [1.807, 2.05) is 36.4 Å². The van der Waals surface area contributed by atoms with Crippen LogP contribution in [0.25, 0.3) is 72.8 Å². The predicted molar refractivity (Wildman–Crippen MR) is 269 cm³/mol. The Labute approximate surface area is 374 Å². The highest BCUT2D eigenvalue weighted by atomic mass is 28.3. The Balaban J connectivity index is 1.20. The molecule has 0 atom stereocenters. The Morgan fingerprint density at radius 1 is 0.312 bits per heavy atom. The third-order valence-corrected chi connectivity index (χ3v) is 17.2. The predicted octanol–water partition coefficient (Wildman–Crippen LogP) is 11.6. The first-order valence-electron chi connectivity index (χ1n) is 21.8. The van der Waals surface area contributed by atoms with Crippen molar-refractivity contribution < 1.29 is 0 Å². The van der Waals surface area contributed by atoms with Gasteiger partial charge in [0.15, 0.2) is 25.5 Å². The zero-order valence-corrected chi connectivity index (χ0v) is 36.7. The molecule has 2 aromatic heterocycles. The molecule has 0 aliphatic rings. The van der Waals surface area contributed by atoms with Crippen LogP contribution in [-0.4, -0.2) is 27.6 Å². The second-order valence-electron chi connectivity index (χ2n) is 16.6. The van der Waals surface area contributed by atoms with E-state index in [0.29, 0.717) is 17.5 Å².